The Hall–Kier alpha value is -3.71. The Kier molecular flexibility index (Phi) is 6.90. The van der Waals surface area contributed by atoms with Gasteiger partial charge in [0, 0.05) is 23.5 Å². The minimum atomic E-state index is -1.27. The van der Waals surface area contributed by atoms with Gasteiger partial charge in [0.2, 0.25) is 0 Å². The Morgan fingerprint density at radius 1 is 1.06 bits per heavy atom. The zero-order chi connectivity index (χ0) is 23.4. The molecule has 166 valence electrons. The van der Waals surface area contributed by atoms with Gasteiger partial charge in [-0.05, 0) is 62.6 Å². The molecule has 1 aromatic heterocycles. The molecule has 3 rings (SSSR count). The number of aromatic nitrogens is 1. The van der Waals surface area contributed by atoms with Crippen molar-refractivity contribution < 1.29 is 14.7 Å². The molecule has 0 bridgehead atoms. The van der Waals surface area contributed by atoms with Crippen molar-refractivity contribution in [2.45, 2.75) is 39.8 Å². The molecule has 2 aromatic carbocycles. The third kappa shape index (κ3) is 5.31. The maximum absolute atomic E-state index is 12.5. The number of nitrogens with zero attached hydrogens (tertiary/aromatic N) is 1. The number of hydrogen-bond acceptors (Lipinski definition) is 5. The highest BCUT2D eigenvalue weighted by molar-refractivity contribution is 6.00. The van der Waals surface area contributed by atoms with Gasteiger partial charge in [0.1, 0.15) is 5.82 Å². The molecule has 1 unspecified atom stereocenters. The topological polar surface area (TPSA) is 117 Å². The Morgan fingerprint density at radius 2 is 1.81 bits per heavy atom. The zero-order valence-corrected chi connectivity index (χ0v) is 18.6. The molecule has 5 N–H and O–H groups in total. The fraction of sp³-hybridized carbons (Fsp3) is 0.240. The normalized spacial score (nSPS) is 11.8. The SMILES string of the molecule is Cc1cccc(C(O)C(=O)Nc2ccc(-c3cnc(N)c(C(=O)NC(C)C)c3)c(C)c2)c1. The van der Waals surface area contributed by atoms with Crippen LogP contribution in [0.3, 0.4) is 0 Å². The molecule has 2 amide bonds. The second kappa shape index (κ2) is 9.62. The van der Waals surface area contributed by atoms with Crippen LogP contribution in [0.2, 0.25) is 0 Å². The molecule has 32 heavy (non-hydrogen) atoms. The molecule has 0 saturated heterocycles. The first-order chi connectivity index (χ1) is 15.2. The van der Waals surface area contributed by atoms with Crippen molar-refractivity contribution in [3.8, 4) is 11.1 Å². The molecule has 1 atom stereocenters. The number of nitrogens with two attached hydrogens (primary N) is 1. The van der Waals surface area contributed by atoms with Crippen LogP contribution in [0, 0.1) is 13.8 Å². The summed E-state index contributed by atoms with van der Waals surface area (Å²) in [5.41, 5.74) is 10.7. The van der Waals surface area contributed by atoms with E-state index in [-0.39, 0.29) is 17.8 Å². The number of anilines is 2. The number of nitrogen functional groups attached to an aromatic ring is 1. The Morgan fingerprint density at radius 3 is 2.47 bits per heavy atom. The summed E-state index contributed by atoms with van der Waals surface area (Å²) >= 11 is 0. The van der Waals surface area contributed by atoms with Gasteiger partial charge in [-0.25, -0.2) is 4.98 Å². The van der Waals surface area contributed by atoms with Crippen LogP contribution in [-0.4, -0.2) is 27.9 Å². The molecule has 7 nitrogen and oxygen atoms in total. The van der Waals surface area contributed by atoms with Crippen LogP contribution in [-0.2, 0) is 4.79 Å². The van der Waals surface area contributed by atoms with Gasteiger partial charge in [-0.1, -0.05) is 35.9 Å². The molecule has 1 heterocycles. The van der Waals surface area contributed by atoms with Gasteiger partial charge in [-0.15, -0.1) is 0 Å². The quantitative estimate of drug-likeness (QED) is 0.473. The van der Waals surface area contributed by atoms with Crippen LogP contribution >= 0.6 is 0 Å². The first-order valence-corrected chi connectivity index (χ1v) is 10.4. The third-order valence-corrected chi connectivity index (χ3v) is 4.99. The summed E-state index contributed by atoms with van der Waals surface area (Å²) in [5.74, 6) is -0.623. The summed E-state index contributed by atoms with van der Waals surface area (Å²) in [6, 6.07) is 14.3. The van der Waals surface area contributed by atoms with Gasteiger partial charge in [-0.3, -0.25) is 9.59 Å². The molecule has 0 aliphatic carbocycles. The van der Waals surface area contributed by atoms with Crippen molar-refractivity contribution in [3.05, 3.63) is 77.0 Å². The number of aryl methyl sites for hydroxylation is 2. The fourth-order valence-electron chi connectivity index (χ4n) is 3.41. The molecule has 0 radical (unpaired) electrons. The molecule has 7 heteroatoms. The highest BCUT2D eigenvalue weighted by Gasteiger charge is 2.18. The first kappa shape index (κ1) is 23.0. The van der Waals surface area contributed by atoms with Crippen LogP contribution in [0.25, 0.3) is 11.1 Å². The van der Waals surface area contributed by atoms with E-state index < -0.39 is 12.0 Å². The fourth-order valence-corrected chi connectivity index (χ4v) is 3.41. The van der Waals surface area contributed by atoms with Crippen molar-refractivity contribution in [2.24, 2.45) is 0 Å². The lowest BCUT2D eigenvalue weighted by molar-refractivity contribution is -0.124. The lowest BCUT2D eigenvalue weighted by atomic mass is 9.99. The van der Waals surface area contributed by atoms with Gasteiger partial charge < -0.3 is 21.5 Å². The summed E-state index contributed by atoms with van der Waals surface area (Å²) in [7, 11) is 0. The number of benzene rings is 2. The molecule has 0 aliphatic rings. The number of nitrogens with one attached hydrogen (secondary N) is 2. The van der Waals surface area contributed by atoms with Crippen molar-refractivity contribution in [3.63, 3.8) is 0 Å². The number of rotatable bonds is 6. The van der Waals surface area contributed by atoms with Crippen molar-refractivity contribution in [2.75, 3.05) is 11.1 Å². The van der Waals surface area contributed by atoms with E-state index in [1.165, 1.54) is 0 Å². The number of hydrogen-bond donors (Lipinski definition) is 4. The number of carbonyl (C=O) groups excluding carboxylic acids is 2. The lowest BCUT2D eigenvalue weighted by Crippen LogP contribution is -2.30. The molecular formula is C25H28N4O3. The van der Waals surface area contributed by atoms with Gasteiger partial charge in [0.05, 0.1) is 5.56 Å². The predicted octanol–water partition coefficient (Wildman–Crippen LogP) is 3.76. The zero-order valence-electron chi connectivity index (χ0n) is 18.6. The Balaban J connectivity index is 1.81. The van der Waals surface area contributed by atoms with Gasteiger partial charge in [0.15, 0.2) is 6.10 Å². The van der Waals surface area contributed by atoms with E-state index in [1.54, 1.807) is 42.6 Å². The number of carbonyl (C=O) groups is 2. The van der Waals surface area contributed by atoms with E-state index in [9.17, 15) is 14.7 Å². The smallest absolute Gasteiger partial charge is 0.257 e. The lowest BCUT2D eigenvalue weighted by Gasteiger charge is -2.15. The number of aliphatic hydroxyl groups is 1. The van der Waals surface area contributed by atoms with Gasteiger partial charge >= 0.3 is 0 Å². The van der Waals surface area contributed by atoms with E-state index in [1.807, 2.05) is 39.8 Å². The number of aliphatic hydroxyl groups excluding tert-OH is 1. The highest BCUT2D eigenvalue weighted by atomic mass is 16.3. The van der Waals surface area contributed by atoms with Crippen LogP contribution in [0.1, 0.15) is 47.0 Å². The summed E-state index contributed by atoms with van der Waals surface area (Å²) in [6.45, 7) is 7.54. The van der Waals surface area contributed by atoms with Crippen LogP contribution < -0.4 is 16.4 Å². The van der Waals surface area contributed by atoms with Crippen LogP contribution in [0.4, 0.5) is 11.5 Å². The largest absolute Gasteiger partial charge is 0.383 e. The van der Waals surface area contributed by atoms with Crippen LogP contribution in [0.15, 0.2) is 54.7 Å². The van der Waals surface area contributed by atoms with Crippen molar-refractivity contribution in [1.29, 1.82) is 0 Å². The van der Waals surface area contributed by atoms with Gasteiger partial charge in [-0.2, -0.15) is 0 Å². The molecule has 0 saturated carbocycles. The van der Waals surface area contributed by atoms with Crippen LogP contribution in [0.5, 0.6) is 0 Å². The monoisotopic (exact) mass is 432 g/mol. The highest BCUT2D eigenvalue weighted by Crippen LogP contribution is 2.28. The first-order valence-electron chi connectivity index (χ1n) is 10.4. The Labute approximate surface area is 187 Å². The maximum Gasteiger partial charge on any atom is 0.257 e. The van der Waals surface area contributed by atoms with Crippen molar-refractivity contribution >= 4 is 23.3 Å². The standard InChI is InChI=1S/C25H28N4O3/c1-14(2)28-24(31)21-12-18(13-27-23(21)26)20-9-8-19(11-16(20)4)29-25(32)22(30)17-7-5-6-15(3)10-17/h5-14,22,30H,1-4H3,(H2,26,27)(H,28,31)(H,29,32). The minimum absolute atomic E-state index is 0.0228. The summed E-state index contributed by atoms with van der Waals surface area (Å²) in [4.78, 5) is 29.1. The second-order valence-corrected chi connectivity index (χ2v) is 8.12. The summed E-state index contributed by atoms with van der Waals surface area (Å²) < 4.78 is 0. The minimum Gasteiger partial charge on any atom is -0.383 e. The van der Waals surface area contributed by atoms with Gasteiger partial charge in [0.25, 0.3) is 11.8 Å². The summed E-state index contributed by atoms with van der Waals surface area (Å²) in [6.07, 6.45) is 0.349. The molecule has 0 fully saturated rings. The molecule has 0 aliphatic heterocycles. The third-order valence-electron chi connectivity index (χ3n) is 4.99. The molecule has 0 spiro atoms. The number of amides is 2. The number of pyridine rings is 1. The second-order valence-electron chi connectivity index (χ2n) is 8.12. The van der Waals surface area contributed by atoms with E-state index in [2.05, 4.69) is 15.6 Å². The van der Waals surface area contributed by atoms with E-state index >= 15 is 0 Å². The molecule has 3 aromatic rings. The Bertz CT molecular complexity index is 1160. The van der Waals surface area contributed by atoms with Crippen molar-refractivity contribution in [1.82, 2.24) is 10.3 Å². The average Bonchev–Trinajstić information content (AvgIpc) is 2.73. The van der Waals surface area contributed by atoms with E-state index in [0.29, 0.717) is 16.8 Å². The maximum atomic E-state index is 12.5. The van der Waals surface area contributed by atoms with E-state index in [0.717, 1.165) is 22.3 Å². The predicted molar refractivity (Wildman–Crippen MR) is 126 cm³/mol. The van der Waals surface area contributed by atoms with E-state index in [4.69, 9.17) is 5.73 Å². The average molecular weight is 433 g/mol. The summed E-state index contributed by atoms with van der Waals surface area (Å²) in [5, 5.41) is 15.9. The molecular weight excluding hydrogens is 404 g/mol.